The molecule has 0 spiro atoms. The summed E-state index contributed by atoms with van der Waals surface area (Å²) in [4.78, 5) is 10.6. The maximum atomic E-state index is 10.6. The van der Waals surface area contributed by atoms with Gasteiger partial charge < -0.3 is 5.11 Å². The Bertz CT molecular complexity index is 198. The average Bonchev–Trinajstić information content (AvgIpc) is 2.41. The van der Waals surface area contributed by atoms with Crippen molar-refractivity contribution in [2.45, 2.75) is 17.1 Å². The maximum absolute atomic E-state index is 10.6. The van der Waals surface area contributed by atoms with Crippen molar-refractivity contribution in [3.05, 3.63) is 0 Å². The van der Waals surface area contributed by atoms with Gasteiger partial charge in [-0.1, -0.05) is 34.8 Å². The fraction of sp³-hybridized carbons (Fsp3) is 0.833. The van der Waals surface area contributed by atoms with Crippen molar-refractivity contribution >= 4 is 40.8 Å². The SMILES string of the molecule is C[C@@]1(C(=O)O)C[C@H]1C(Cl)(Cl)Cl. The summed E-state index contributed by atoms with van der Waals surface area (Å²) in [5.74, 6) is -1.24. The first-order chi connectivity index (χ1) is 4.78. The van der Waals surface area contributed by atoms with Crippen LogP contribution in [-0.2, 0) is 4.79 Å². The summed E-state index contributed by atoms with van der Waals surface area (Å²) in [6.07, 6.45) is 0.443. The molecule has 0 unspecified atom stereocenters. The number of aliphatic carboxylic acids is 1. The fourth-order valence-electron chi connectivity index (χ4n) is 1.08. The molecule has 0 heterocycles. The van der Waals surface area contributed by atoms with E-state index in [1.165, 1.54) is 0 Å². The van der Waals surface area contributed by atoms with Crippen LogP contribution in [0.25, 0.3) is 0 Å². The minimum atomic E-state index is -1.44. The molecule has 0 bridgehead atoms. The van der Waals surface area contributed by atoms with Crippen molar-refractivity contribution in [1.29, 1.82) is 0 Å². The molecule has 2 atom stereocenters. The van der Waals surface area contributed by atoms with E-state index in [0.29, 0.717) is 6.42 Å². The predicted octanol–water partition coefficient (Wildman–Crippen LogP) is 2.47. The van der Waals surface area contributed by atoms with Crippen LogP contribution < -0.4 is 0 Å². The molecule has 1 N–H and O–H groups in total. The summed E-state index contributed by atoms with van der Waals surface area (Å²) in [7, 11) is 0. The van der Waals surface area contributed by atoms with Crippen molar-refractivity contribution < 1.29 is 9.90 Å². The lowest BCUT2D eigenvalue weighted by atomic mass is 10.1. The molecular weight excluding hydrogens is 210 g/mol. The number of alkyl halides is 3. The lowest BCUT2D eigenvalue weighted by molar-refractivity contribution is -0.143. The van der Waals surface area contributed by atoms with Gasteiger partial charge in [0, 0.05) is 5.92 Å². The minimum absolute atomic E-state index is 0.350. The summed E-state index contributed by atoms with van der Waals surface area (Å²) < 4.78 is -1.44. The van der Waals surface area contributed by atoms with E-state index < -0.39 is 15.2 Å². The van der Waals surface area contributed by atoms with Crippen LogP contribution in [0.2, 0.25) is 0 Å². The van der Waals surface area contributed by atoms with Gasteiger partial charge >= 0.3 is 5.97 Å². The summed E-state index contributed by atoms with van der Waals surface area (Å²) in [5, 5.41) is 8.67. The van der Waals surface area contributed by atoms with Crippen molar-refractivity contribution in [2.75, 3.05) is 0 Å². The number of carbonyl (C=O) groups is 1. The van der Waals surface area contributed by atoms with Crippen molar-refractivity contribution in [2.24, 2.45) is 11.3 Å². The van der Waals surface area contributed by atoms with Gasteiger partial charge in [0.2, 0.25) is 0 Å². The summed E-state index contributed by atoms with van der Waals surface area (Å²) in [6, 6.07) is 0. The smallest absolute Gasteiger partial charge is 0.309 e. The molecule has 1 aliphatic rings. The molecule has 2 nitrogen and oxygen atoms in total. The zero-order valence-electron chi connectivity index (χ0n) is 5.77. The van der Waals surface area contributed by atoms with Gasteiger partial charge in [-0.25, -0.2) is 0 Å². The molecule has 0 aromatic rings. The van der Waals surface area contributed by atoms with Gasteiger partial charge in [-0.05, 0) is 13.3 Å². The summed E-state index contributed by atoms with van der Waals surface area (Å²) in [5.41, 5.74) is -0.828. The van der Waals surface area contributed by atoms with E-state index >= 15 is 0 Å². The number of rotatable bonds is 1. The second-order valence-corrected chi connectivity index (χ2v) is 5.39. The van der Waals surface area contributed by atoms with Gasteiger partial charge in [0.15, 0.2) is 3.79 Å². The standard InChI is InChI=1S/C6H7Cl3O2/c1-5(4(10)11)2-3(5)6(7,8)9/h3H,2H2,1H3,(H,10,11)/t3-,5-/m1/s1. The zero-order chi connectivity index (χ0) is 8.86. The average molecular weight is 217 g/mol. The molecule has 1 fully saturated rings. The number of halogens is 3. The first-order valence-corrected chi connectivity index (χ1v) is 4.22. The topological polar surface area (TPSA) is 37.3 Å². The van der Waals surface area contributed by atoms with Crippen LogP contribution >= 0.6 is 34.8 Å². The van der Waals surface area contributed by atoms with Crippen LogP contribution in [0.15, 0.2) is 0 Å². The van der Waals surface area contributed by atoms with Crippen LogP contribution in [-0.4, -0.2) is 14.9 Å². The molecule has 0 aliphatic heterocycles. The van der Waals surface area contributed by atoms with Gasteiger partial charge in [0.1, 0.15) is 0 Å². The monoisotopic (exact) mass is 216 g/mol. The van der Waals surface area contributed by atoms with Crippen LogP contribution in [0.5, 0.6) is 0 Å². The molecule has 0 radical (unpaired) electrons. The number of carboxylic acids is 1. The van der Waals surface area contributed by atoms with E-state index in [1.54, 1.807) is 6.92 Å². The third-order valence-electron chi connectivity index (χ3n) is 2.12. The number of hydrogen-bond donors (Lipinski definition) is 1. The minimum Gasteiger partial charge on any atom is -0.481 e. The van der Waals surface area contributed by atoms with E-state index in [1.807, 2.05) is 0 Å². The molecule has 0 aromatic heterocycles. The molecule has 1 aliphatic carbocycles. The number of carboxylic acid groups (broad SMARTS) is 1. The Kier molecular flexibility index (Phi) is 2.07. The molecule has 1 rings (SSSR count). The first-order valence-electron chi connectivity index (χ1n) is 3.08. The second kappa shape index (κ2) is 2.41. The molecular formula is C6H7Cl3O2. The Hall–Kier alpha value is 0.340. The molecule has 0 amide bonds. The first kappa shape index (κ1) is 9.43. The van der Waals surface area contributed by atoms with Crippen LogP contribution in [0.4, 0.5) is 0 Å². The largest absolute Gasteiger partial charge is 0.481 e. The highest BCUT2D eigenvalue weighted by atomic mass is 35.6. The van der Waals surface area contributed by atoms with Crippen molar-refractivity contribution in [1.82, 2.24) is 0 Å². The predicted molar refractivity (Wildman–Crippen MR) is 44.1 cm³/mol. The van der Waals surface area contributed by atoms with Gasteiger partial charge in [-0.15, -0.1) is 0 Å². The highest BCUT2D eigenvalue weighted by Crippen LogP contribution is 2.62. The Morgan fingerprint density at radius 1 is 1.64 bits per heavy atom. The van der Waals surface area contributed by atoms with Gasteiger partial charge in [-0.2, -0.15) is 0 Å². The fourth-order valence-corrected chi connectivity index (χ4v) is 2.03. The Morgan fingerprint density at radius 2 is 2.09 bits per heavy atom. The normalized spacial score (nSPS) is 36.9. The van der Waals surface area contributed by atoms with Crippen molar-refractivity contribution in [3.8, 4) is 0 Å². The molecule has 1 saturated carbocycles. The van der Waals surface area contributed by atoms with Gasteiger partial charge in [-0.3, -0.25) is 4.79 Å². The zero-order valence-corrected chi connectivity index (χ0v) is 8.04. The highest BCUT2D eigenvalue weighted by Gasteiger charge is 2.64. The highest BCUT2D eigenvalue weighted by molar-refractivity contribution is 6.68. The van der Waals surface area contributed by atoms with Crippen LogP contribution in [0, 0.1) is 11.3 Å². The van der Waals surface area contributed by atoms with Gasteiger partial charge in [0.05, 0.1) is 5.41 Å². The Labute approximate surface area is 79.4 Å². The summed E-state index contributed by atoms with van der Waals surface area (Å²) in [6.45, 7) is 1.59. The third-order valence-corrected chi connectivity index (χ3v) is 2.91. The van der Waals surface area contributed by atoms with E-state index in [2.05, 4.69) is 0 Å². The quantitative estimate of drug-likeness (QED) is 0.685. The van der Waals surface area contributed by atoms with Crippen LogP contribution in [0.1, 0.15) is 13.3 Å². The molecule has 5 heteroatoms. The molecule has 0 aromatic carbocycles. The Balaban J connectivity index is 2.68. The van der Waals surface area contributed by atoms with Crippen LogP contribution in [0.3, 0.4) is 0 Å². The summed E-state index contributed by atoms with van der Waals surface area (Å²) >= 11 is 16.6. The number of hydrogen-bond acceptors (Lipinski definition) is 1. The lowest BCUT2D eigenvalue weighted by Crippen LogP contribution is -2.19. The Morgan fingerprint density at radius 3 is 2.18 bits per heavy atom. The molecule has 64 valence electrons. The van der Waals surface area contributed by atoms with E-state index in [-0.39, 0.29) is 5.92 Å². The lowest BCUT2D eigenvalue weighted by Gasteiger charge is -2.12. The van der Waals surface area contributed by atoms with Crippen molar-refractivity contribution in [3.63, 3.8) is 0 Å². The molecule has 0 saturated heterocycles. The van der Waals surface area contributed by atoms with E-state index in [0.717, 1.165) is 0 Å². The second-order valence-electron chi connectivity index (χ2n) is 3.02. The van der Waals surface area contributed by atoms with E-state index in [9.17, 15) is 4.79 Å². The third kappa shape index (κ3) is 1.58. The van der Waals surface area contributed by atoms with Gasteiger partial charge in [0.25, 0.3) is 0 Å². The maximum Gasteiger partial charge on any atom is 0.309 e. The molecule has 11 heavy (non-hydrogen) atoms. The van der Waals surface area contributed by atoms with E-state index in [4.69, 9.17) is 39.9 Å².